The normalized spacial score (nSPS) is 12.2. The van der Waals surface area contributed by atoms with Gasteiger partial charge in [-0.1, -0.05) is 44.5 Å². The van der Waals surface area contributed by atoms with Crippen molar-refractivity contribution < 1.29 is 4.79 Å². The summed E-state index contributed by atoms with van der Waals surface area (Å²) in [6.07, 6.45) is 0.767. The molecule has 0 spiro atoms. The van der Waals surface area contributed by atoms with Gasteiger partial charge in [0, 0.05) is 15.6 Å². The van der Waals surface area contributed by atoms with Crippen molar-refractivity contribution in [1.29, 1.82) is 0 Å². The van der Waals surface area contributed by atoms with Crippen LogP contribution < -0.4 is 5.32 Å². The van der Waals surface area contributed by atoms with Gasteiger partial charge < -0.3 is 5.32 Å². The summed E-state index contributed by atoms with van der Waals surface area (Å²) >= 11 is 7.46. The molecule has 0 fully saturated rings. The number of hydrogen-bond acceptors (Lipinski definition) is 2. The number of anilines is 1. The van der Waals surface area contributed by atoms with Crippen molar-refractivity contribution in [1.82, 2.24) is 0 Å². The highest BCUT2D eigenvalue weighted by Crippen LogP contribution is 2.27. The maximum atomic E-state index is 12.5. The molecule has 1 unspecified atom stereocenters. The van der Waals surface area contributed by atoms with Crippen molar-refractivity contribution in [2.45, 2.75) is 43.3 Å². The molecule has 0 aliphatic rings. The van der Waals surface area contributed by atoms with Crippen molar-refractivity contribution in [3.05, 3.63) is 59.1 Å². The van der Waals surface area contributed by atoms with Gasteiger partial charge in [-0.2, -0.15) is 0 Å². The Morgan fingerprint density at radius 1 is 1.09 bits per heavy atom. The molecule has 0 heterocycles. The number of benzene rings is 2. The van der Waals surface area contributed by atoms with Crippen LogP contribution in [0.25, 0.3) is 0 Å². The summed E-state index contributed by atoms with van der Waals surface area (Å²) in [5.74, 6) is 0.522. The quantitative estimate of drug-likeness (QED) is 0.652. The van der Waals surface area contributed by atoms with Crippen molar-refractivity contribution in [2.24, 2.45) is 0 Å². The largest absolute Gasteiger partial charge is 0.325 e. The molecule has 23 heavy (non-hydrogen) atoms. The summed E-state index contributed by atoms with van der Waals surface area (Å²) in [6.45, 7) is 6.34. The maximum Gasteiger partial charge on any atom is 0.237 e. The summed E-state index contributed by atoms with van der Waals surface area (Å²) in [4.78, 5) is 13.5. The smallest absolute Gasteiger partial charge is 0.237 e. The Kier molecular flexibility index (Phi) is 6.55. The predicted octanol–water partition coefficient (Wildman–Crippen LogP) is 5.97. The Morgan fingerprint density at radius 3 is 2.22 bits per heavy atom. The highest BCUT2D eigenvalue weighted by Gasteiger charge is 2.18. The average Bonchev–Trinajstić information content (AvgIpc) is 2.54. The van der Waals surface area contributed by atoms with Crippen molar-refractivity contribution in [2.75, 3.05) is 5.32 Å². The van der Waals surface area contributed by atoms with Crippen molar-refractivity contribution >= 4 is 35.0 Å². The molecule has 2 aromatic carbocycles. The molecule has 1 N–H and O–H groups in total. The van der Waals surface area contributed by atoms with E-state index in [4.69, 9.17) is 11.6 Å². The minimum absolute atomic E-state index is 0.0322. The third-order valence-electron chi connectivity index (χ3n) is 3.60. The molecule has 2 aromatic rings. The third kappa shape index (κ3) is 5.29. The molecule has 0 saturated carbocycles. The Labute approximate surface area is 147 Å². The van der Waals surface area contributed by atoms with Crippen LogP contribution in [0.3, 0.4) is 0 Å². The van der Waals surface area contributed by atoms with E-state index in [0.29, 0.717) is 10.9 Å². The molecule has 0 radical (unpaired) electrons. The first-order valence-corrected chi connectivity index (χ1v) is 9.08. The van der Waals surface area contributed by atoms with Crippen LogP contribution in [0.5, 0.6) is 0 Å². The van der Waals surface area contributed by atoms with Gasteiger partial charge in [0.15, 0.2) is 0 Å². The van der Waals surface area contributed by atoms with Crippen LogP contribution in [0.2, 0.25) is 5.02 Å². The van der Waals surface area contributed by atoms with E-state index < -0.39 is 0 Å². The van der Waals surface area contributed by atoms with E-state index in [1.54, 1.807) is 11.8 Å². The van der Waals surface area contributed by atoms with Gasteiger partial charge in [0.25, 0.3) is 0 Å². The fraction of sp³-hybridized carbons (Fsp3) is 0.316. The van der Waals surface area contributed by atoms with Gasteiger partial charge in [0.05, 0.1) is 5.25 Å². The monoisotopic (exact) mass is 347 g/mol. The van der Waals surface area contributed by atoms with Gasteiger partial charge in [-0.25, -0.2) is 0 Å². The molecule has 0 bridgehead atoms. The molecule has 2 nitrogen and oxygen atoms in total. The van der Waals surface area contributed by atoms with E-state index in [0.717, 1.165) is 17.0 Å². The lowest BCUT2D eigenvalue weighted by atomic mass is 10.0. The van der Waals surface area contributed by atoms with Crippen LogP contribution in [0.15, 0.2) is 53.4 Å². The van der Waals surface area contributed by atoms with E-state index in [1.807, 2.05) is 43.3 Å². The van der Waals surface area contributed by atoms with E-state index in [-0.39, 0.29) is 11.2 Å². The minimum atomic E-state index is -0.124. The van der Waals surface area contributed by atoms with Crippen molar-refractivity contribution in [3.8, 4) is 0 Å². The molecule has 1 amide bonds. The number of rotatable bonds is 6. The zero-order valence-corrected chi connectivity index (χ0v) is 15.2. The van der Waals surface area contributed by atoms with Crippen molar-refractivity contribution in [3.63, 3.8) is 0 Å². The SMILES string of the molecule is CCC(Sc1ccc(Cl)cc1)C(=O)Nc1ccc(C(C)C)cc1. The minimum Gasteiger partial charge on any atom is -0.325 e. The van der Waals surface area contributed by atoms with Crippen LogP contribution in [0.1, 0.15) is 38.7 Å². The Hall–Kier alpha value is -1.45. The number of nitrogens with one attached hydrogen (secondary N) is 1. The Morgan fingerprint density at radius 2 is 1.70 bits per heavy atom. The average molecular weight is 348 g/mol. The van der Waals surface area contributed by atoms with Gasteiger partial charge in [-0.15, -0.1) is 11.8 Å². The lowest BCUT2D eigenvalue weighted by Crippen LogP contribution is -2.24. The van der Waals surface area contributed by atoms with Gasteiger partial charge in [0.1, 0.15) is 0 Å². The zero-order chi connectivity index (χ0) is 16.8. The van der Waals surface area contributed by atoms with Gasteiger partial charge in [-0.3, -0.25) is 4.79 Å². The summed E-state index contributed by atoms with van der Waals surface area (Å²) in [6, 6.07) is 15.6. The summed E-state index contributed by atoms with van der Waals surface area (Å²) in [5, 5.41) is 3.59. The molecular formula is C19H22ClNOS. The predicted molar refractivity (Wildman–Crippen MR) is 101 cm³/mol. The highest BCUT2D eigenvalue weighted by atomic mass is 35.5. The van der Waals surface area contributed by atoms with Gasteiger partial charge in [0.2, 0.25) is 5.91 Å². The van der Waals surface area contributed by atoms with Crippen LogP contribution in [0, 0.1) is 0 Å². The maximum absolute atomic E-state index is 12.5. The van der Waals surface area contributed by atoms with E-state index in [2.05, 4.69) is 31.3 Å². The second kappa shape index (κ2) is 8.42. The summed E-state index contributed by atoms with van der Waals surface area (Å²) < 4.78 is 0. The number of thioether (sulfide) groups is 1. The lowest BCUT2D eigenvalue weighted by Gasteiger charge is -2.15. The Bertz CT molecular complexity index is 637. The number of carbonyl (C=O) groups is 1. The van der Waals surface area contributed by atoms with Crippen LogP contribution in [-0.2, 0) is 4.79 Å². The molecule has 0 aliphatic carbocycles. The van der Waals surface area contributed by atoms with Crippen LogP contribution in [0.4, 0.5) is 5.69 Å². The van der Waals surface area contributed by atoms with Gasteiger partial charge >= 0.3 is 0 Å². The lowest BCUT2D eigenvalue weighted by molar-refractivity contribution is -0.115. The molecule has 122 valence electrons. The van der Waals surface area contributed by atoms with Gasteiger partial charge in [-0.05, 0) is 54.3 Å². The van der Waals surface area contributed by atoms with Crippen LogP contribution in [-0.4, -0.2) is 11.2 Å². The second-order valence-electron chi connectivity index (χ2n) is 5.73. The third-order valence-corrected chi connectivity index (χ3v) is 5.23. The molecule has 1 atom stereocenters. The molecule has 2 rings (SSSR count). The first-order valence-electron chi connectivity index (χ1n) is 7.82. The molecule has 0 saturated heterocycles. The topological polar surface area (TPSA) is 29.1 Å². The number of halogens is 1. The highest BCUT2D eigenvalue weighted by molar-refractivity contribution is 8.00. The number of hydrogen-bond donors (Lipinski definition) is 1. The summed E-state index contributed by atoms with van der Waals surface area (Å²) in [5.41, 5.74) is 2.11. The standard InChI is InChI=1S/C19H22ClNOS/c1-4-18(23-17-11-7-15(20)8-12-17)19(22)21-16-9-5-14(6-10-16)13(2)3/h5-13,18H,4H2,1-3H3,(H,21,22). The molecular weight excluding hydrogens is 326 g/mol. The molecule has 0 aliphatic heterocycles. The first-order chi connectivity index (χ1) is 11.0. The van der Waals surface area contributed by atoms with E-state index in [9.17, 15) is 4.79 Å². The zero-order valence-electron chi connectivity index (χ0n) is 13.7. The van der Waals surface area contributed by atoms with E-state index >= 15 is 0 Å². The van der Waals surface area contributed by atoms with Crippen LogP contribution >= 0.6 is 23.4 Å². The fourth-order valence-corrected chi connectivity index (χ4v) is 3.25. The molecule has 4 heteroatoms. The first kappa shape index (κ1) is 17.9. The summed E-state index contributed by atoms with van der Waals surface area (Å²) in [7, 11) is 0. The van der Waals surface area contributed by atoms with E-state index in [1.165, 1.54) is 5.56 Å². The number of amides is 1. The number of carbonyl (C=O) groups excluding carboxylic acids is 1. The molecule has 0 aromatic heterocycles. The Balaban J connectivity index is 2.00. The fourth-order valence-electron chi connectivity index (χ4n) is 2.17. The second-order valence-corrected chi connectivity index (χ2v) is 7.45.